The summed E-state index contributed by atoms with van der Waals surface area (Å²) >= 11 is 0. The Morgan fingerprint density at radius 1 is 1.20 bits per heavy atom. The van der Waals surface area contributed by atoms with Crippen LogP contribution < -0.4 is 4.74 Å². The normalized spacial score (nSPS) is 10.3. The van der Waals surface area contributed by atoms with Gasteiger partial charge in [0.15, 0.2) is 0 Å². The lowest BCUT2D eigenvalue weighted by Gasteiger charge is -2.08. The van der Waals surface area contributed by atoms with E-state index < -0.39 is 11.8 Å². The van der Waals surface area contributed by atoms with Crippen LogP contribution in [0.1, 0.15) is 21.5 Å². The molecule has 0 aromatic heterocycles. The molecule has 4 nitrogen and oxygen atoms in total. The van der Waals surface area contributed by atoms with E-state index in [1.54, 1.807) is 24.3 Å². The van der Waals surface area contributed by atoms with Gasteiger partial charge >= 0.3 is 5.97 Å². The number of aliphatic hydroxyl groups is 1. The smallest absolute Gasteiger partial charge is 0.335 e. The van der Waals surface area contributed by atoms with Crippen LogP contribution in [0.3, 0.4) is 0 Å². The summed E-state index contributed by atoms with van der Waals surface area (Å²) in [6.07, 6.45) is 0. The maximum Gasteiger partial charge on any atom is 0.335 e. The molecule has 0 atom stereocenters. The molecule has 0 aliphatic carbocycles. The van der Waals surface area contributed by atoms with Crippen LogP contribution in [0, 0.1) is 5.82 Å². The molecule has 2 aromatic rings. The number of carboxylic acids is 1. The second-order valence-electron chi connectivity index (χ2n) is 4.21. The summed E-state index contributed by atoms with van der Waals surface area (Å²) in [5.74, 6) is -1.28. The predicted molar refractivity (Wildman–Crippen MR) is 70.1 cm³/mol. The molecule has 2 rings (SSSR count). The highest BCUT2D eigenvalue weighted by Gasteiger charge is 2.09. The molecule has 104 valence electrons. The van der Waals surface area contributed by atoms with E-state index in [9.17, 15) is 9.18 Å². The molecule has 0 saturated carbocycles. The van der Waals surface area contributed by atoms with Crippen molar-refractivity contribution in [2.45, 2.75) is 13.2 Å². The van der Waals surface area contributed by atoms with Gasteiger partial charge < -0.3 is 14.9 Å². The predicted octanol–water partition coefficient (Wildman–Crippen LogP) is 2.60. The van der Waals surface area contributed by atoms with Crippen LogP contribution >= 0.6 is 0 Å². The molecular formula is C15H13FO4. The highest BCUT2D eigenvalue weighted by atomic mass is 19.1. The fraction of sp³-hybridized carbons (Fsp3) is 0.133. The second kappa shape index (κ2) is 6.16. The zero-order valence-corrected chi connectivity index (χ0v) is 10.5. The quantitative estimate of drug-likeness (QED) is 0.881. The van der Waals surface area contributed by atoms with Crippen LogP contribution in [0.2, 0.25) is 0 Å². The van der Waals surface area contributed by atoms with Crippen LogP contribution in [0.15, 0.2) is 42.5 Å². The Kier molecular flexibility index (Phi) is 4.32. The maximum absolute atomic E-state index is 13.7. The van der Waals surface area contributed by atoms with Gasteiger partial charge in [-0.1, -0.05) is 18.2 Å². The van der Waals surface area contributed by atoms with Gasteiger partial charge in [-0.05, 0) is 29.8 Å². The zero-order valence-electron chi connectivity index (χ0n) is 10.5. The summed E-state index contributed by atoms with van der Waals surface area (Å²) in [5, 5.41) is 17.7. The zero-order chi connectivity index (χ0) is 14.5. The number of hydrogen-bond acceptors (Lipinski definition) is 3. The molecule has 0 heterocycles. The third-order valence-corrected chi connectivity index (χ3v) is 2.78. The number of aliphatic hydroxyl groups excluding tert-OH is 1. The summed E-state index contributed by atoms with van der Waals surface area (Å²) in [6.45, 7) is -0.112. The molecule has 20 heavy (non-hydrogen) atoms. The van der Waals surface area contributed by atoms with Gasteiger partial charge in [0.05, 0.1) is 12.2 Å². The minimum absolute atomic E-state index is 0.0133. The van der Waals surface area contributed by atoms with Crippen molar-refractivity contribution in [1.29, 1.82) is 0 Å². The minimum Gasteiger partial charge on any atom is -0.489 e. The largest absolute Gasteiger partial charge is 0.489 e. The molecule has 5 heteroatoms. The van der Waals surface area contributed by atoms with E-state index in [0.717, 1.165) is 6.07 Å². The lowest BCUT2D eigenvalue weighted by atomic mass is 10.1. The Hall–Kier alpha value is -2.40. The lowest BCUT2D eigenvalue weighted by molar-refractivity contribution is 0.0696. The van der Waals surface area contributed by atoms with Gasteiger partial charge in [-0.15, -0.1) is 0 Å². The average Bonchev–Trinajstić information content (AvgIpc) is 2.46. The highest BCUT2D eigenvalue weighted by Crippen LogP contribution is 2.17. The summed E-state index contributed by atoms with van der Waals surface area (Å²) < 4.78 is 19.1. The number of carboxylic acid groups (broad SMARTS) is 1. The number of aromatic carboxylic acids is 1. The monoisotopic (exact) mass is 276 g/mol. The van der Waals surface area contributed by atoms with Gasteiger partial charge in [0, 0.05) is 5.56 Å². The number of benzene rings is 2. The molecular weight excluding hydrogens is 263 g/mol. The van der Waals surface area contributed by atoms with E-state index in [4.69, 9.17) is 14.9 Å². The molecule has 0 bridgehead atoms. The third-order valence-electron chi connectivity index (χ3n) is 2.78. The van der Waals surface area contributed by atoms with E-state index in [0.29, 0.717) is 11.3 Å². The standard InChI is InChI=1S/C15H13FO4/c16-14-7-11(15(18)19)4-5-12(14)9-20-13-3-1-2-10(6-13)8-17/h1-7,17H,8-9H2,(H,18,19). The van der Waals surface area contributed by atoms with E-state index >= 15 is 0 Å². The summed E-state index contributed by atoms with van der Waals surface area (Å²) in [5.41, 5.74) is 0.863. The number of halogens is 1. The van der Waals surface area contributed by atoms with Crippen LogP contribution in [-0.2, 0) is 13.2 Å². The third kappa shape index (κ3) is 3.33. The number of rotatable bonds is 5. The number of ether oxygens (including phenoxy) is 1. The fourth-order valence-electron chi connectivity index (χ4n) is 1.69. The Balaban J connectivity index is 2.08. The van der Waals surface area contributed by atoms with Gasteiger partial charge in [-0.25, -0.2) is 9.18 Å². The summed E-state index contributed by atoms with van der Waals surface area (Å²) in [6, 6.07) is 10.5. The molecule has 2 N–H and O–H groups in total. The SMILES string of the molecule is O=C(O)c1ccc(COc2cccc(CO)c2)c(F)c1. The minimum atomic E-state index is -1.17. The maximum atomic E-state index is 13.7. The van der Waals surface area contributed by atoms with E-state index in [1.807, 2.05) is 0 Å². The molecule has 0 fully saturated rings. The van der Waals surface area contributed by atoms with Crippen molar-refractivity contribution >= 4 is 5.97 Å². The van der Waals surface area contributed by atoms with Gasteiger partial charge in [0.25, 0.3) is 0 Å². The highest BCUT2D eigenvalue weighted by molar-refractivity contribution is 5.87. The van der Waals surface area contributed by atoms with Crippen molar-refractivity contribution in [2.75, 3.05) is 0 Å². The Morgan fingerprint density at radius 3 is 2.65 bits per heavy atom. The second-order valence-corrected chi connectivity index (χ2v) is 4.21. The van der Waals surface area contributed by atoms with Crippen molar-refractivity contribution in [1.82, 2.24) is 0 Å². The average molecular weight is 276 g/mol. The molecule has 0 aliphatic heterocycles. The van der Waals surface area contributed by atoms with Crippen molar-refractivity contribution < 1.29 is 24.1 Å². The van der Waals surface area contributed by atoms with Crippen LogP contribution in [0.4, 0.5) is 4.39 Å². The molecule has 0 unspecified atom stereocenters. The van der Waals surface area contributed by atoms with Gasteiger partial charge in [-0.2, -0.15) is 0 Å². The summed E-state index contributed by atoms with van der Waals surface area (Å²) in [7, 11) is 0. The lowest BCUT2D eigenvalue weighted by Crippen LogP contribution is -2.02. The fourth-order valence-corrected chi connectivity index (χ4v) is 1.69. The molecule has 0 amide bonds. The molecule has 0 aliphatic rings. The number of carbonyl (C=O) groups is 1. The van der Waals surface area contributed by atoms with Gasteiger partial charge in [-0.3, -0.25) is 0 Å². The first kappa shape index (κ1) is 14.0. The topological polar surface area (TPSA) is 66.8 Å². The first-order chi connectivity index (χ1) is 9.60. The van der Waals surface area contributed by atoms with Gasteiger partial charge in [0.1, 0.15) is 18.2 Å². The first-order valence-corrected chi connectivity index (χ1v) is 5.94. The van der Waals surface area contributed by atoms with Crippen molar-refractivity contribution in [3.63, 3.8) is 0 Å². The van der Waals surface area contributed by atoms with E-state index in [1.165, 1.54) is 12.1 Å². The molecule has 2 aromatic carbocycles. The molecule has 0 spiro atoms. The van der Waals surface area contributed by atoms with Crippen LogP contribution in [0.5, 0.6) is 5.75 Å². The van der Waals surface area contributed by atoms with Crippen molar-refractivity contribution in [2.24, 2.45) is 0 Å². The van der Waals surface area contributed by atoms with Crippen LogP contribution in [0.25, 0.3) is 0 Å². The first-order valence-electron chi connectivity index (χ1n) is 5.94. The molecule has 0 saturated heterocycles. The van der Waals surface area contributed by atoms with E-state index in [-0.39, 0.29) is 24.3 Å². The van der Waals surface area contributed by atoms with Crippen molar-refractivity contribution in [3.05, 3.63) is 65.0 Å². The van der Waals surface area contributed by atoms with Gasteiger partial charge in [0.2, 0.25) is 0 Å². The molecule has 0 radical (unpaired) electrons. The van der Waals surface area contributed by atoms with E-state index in [2.05, 4.69) is 0 Å². The number of hydrogen-bond donors (Lipinski definition) is 2. The Labute approximate surface area is 115 Å². The Bertz CT molecular complexity index is 625. The van der Waals surface area contributed by atoms with Crippen molar-refractivity contribution in [3.8, 4) is 5.75 Å². The summed E-state index contributed by atoms with van der Waals surface area (Å²) in [4.78, 5) is 10.7. The Morgan fingerprint density at radius 2 is 2.00 bits per heavy atom. The van der Waals surface area contributed by atoms with Crippen LogP contribution in [-0.4, -0.2) is 16.2 Å².